The van der Waals surface area contributed by atoms with Crippen molar-refractivity contribution in [2.24, 2.45) is 0 Å². The van der Waals surface area contributed by atoms with Gasteiger partial charge in [-0.05, 0) is 30.7 Å². The molecule has 0 aliphatic rings. The molecule has 1 N–H and O–H groups in total. The minimum absolute atomic E-state index is 0.131. The number of rotatable bonds is 3. The number of alkyl halides is 1. The van der Waals surface area contributed by atoms with E-state index in [-0.39, 0.29) is 17.2 Å². The van der Waals surface area contributed by atoms with Crippen LogP contribution in [0.4, 0.5) is 5.69 Å². The summed E-state index contributed by atoms with van der Waals surface area (Å²) < 4.78 is 4.60. The van der Waals surface area contributed by atoms with E-state index in [1.165, 1.54) is 7.11 Å². The molecule has 1 amide bonds. The molecule has 4 nitrogen and oxygen atoms in total. The van der Waals surface area contributed by atoms with Crippen molar-refractivity contribution in [2.75, 3.05) is 17.8 Å². The molecule has 0 spiro atoms. The van der Waals surface area contributed by atoms with Crippen LogP contribution in [-0.4, -0.2) is 24.3 Å². The second-order valence-electron chi connectivity index (χ2n) is 3.20. The van der Waals surface area contributed by atoms with Crippen LogP contribution >= 0.6 is 15.9 Å². The highest BCUT2D eigenvalue weighted by Crippen LogP contribution is 2.17. The van der Waals surface area contributed by atoms with Gasteiger partial charge >= 0.3 is 5.97 Å². The summed E-state index contributed by atoms with van der Waals surface area (Å²) in [6.07, 6.45) is 0. The highest BCUT2D eigenvalue weighted by atomic mass is 79.9. The molecule has 0 saturated heterocycles. The zero-order valence-corrected chi connectivity index (χ0v) is 10.6. The van der Waals surface area contributed by atoms with Crippen molar-refractivity contribution in [3.8, 4) is 0 Å². The number of anilines is 1. The molecule has 0 heterocycles. The van der Waals surface area contributed by atoms with E-state index in [0.717, 1.165) is 5.56 Å². The van der Waals surface area contributed by atoms with Crippen LogP contribution in [0.15, 0.2) is 18.2 Å². The number of esters is 1. The molecule has 5 heteroatoms. The lowest BCUT2D eigenvalue weighted by atomic mass is 10.1. The standard InChI is InChI=1S/C11H12BrNO3/c1-7-5-8(11(15)16-2)3-4-9(7)13-10(14)6-12/h3-5H,6H2,1-2H3,(H,13,14). The van der Waals surface area contributed by atoms with E-state index in [1.807, 2.05) is 6.92 Å². The first-order chi connectivity index (χ1) is 7.58. The monoisotopic (exact) mass is 285 g/mol. The van der Waals surface area contributed by atoms with Gasteiger partial charge in [-0.2, -0.15) is 0 Å². The number of amides is 1. The molecular formula is C11H12BrNO3. The van der Waals surface area contributed by atoms with Crippen LogP contribution < -0.4 is 5.32 Å². The predicted molar refractivity (Wildman–Crippen MR) is 64.9 cm³/mol. The molecule has 0 radical (unpaired) electrons. The van der Waals surface area contributed by atoms with Gasteiger partial charge in [0.05, 0.1) is 18.0 Å². The molecule has 1 rings (SSSR count). The molecule has 0 unspecified atom stereocenters. The lowest BCUT2D eigenvalue weighted by Crippen LogP contribution is -2.13. The number of aryl methyl sites for hydroxylation is 1. The summed E-state index contributed by atoms with van der Waals surface area (Å²) in [4.78, 5) is 22.4. The van der Waals surface area contributed by atoms with Crippen molar-refractivity contribution in [3.05, 3.63) is 29.3 Å². The molecule has 0 atom stereocenters. The van der Waals surface area contributed by atoms with Gasteiger partial charge in [-0.15, -0.1) is 0 Å². The number of carbonyl (C=O) groups excluding carboxylic acids is 2. The molecule has 16 heavy (non-hydrogen) atoms. The van der Waals surface area contributed by atoms with Gasteiger partial charge < -0.3 is 10.1 Å². The second-order valence-corrected chi connectivity index (χ2v) is 3.76. The van der Waals surface area contributed by atoms with Crippen molar-refractivity contribution >= 4 is 33.5 Å². The molecule has 86 valence electrons. The van der Waals surface area contributed by atoms with Crippen LogP contribution in [0.1, 0.15) is 15.9 Å². The van der Waals surface area contributed by atoms with E-state index >= 15 is 0 Å². The summed E-state index contributed by atoms with van der Waals surface area (Å²) in [6, 6.07) is 4.97. The van der Waals surface area contributed by atoms with Crippen LogP contribution in [0.3, 0.4) is 0 Å². The van der Waals surface area contributed by atoms with Crippen LogP contribution in [0.2, 0.25) is 0 Å². The summed E-state index contributed by atoms with van der Waals surface area (Å²) >= 11 is 3.06. The van der Waals surface area contributed by atoms with Crippen LogP contribution in [0.5, 0.6) is 0 Å². The third-order valence-electron chi connectivity index (χ3n) is 2.04. The van der Waals surface area contributed by atoms with Gasteiger partial charge in [-0.3, -0.25) is 4.79 Å². The average molecular weight is 286 g/mol. The summed E-state index contributed by atoms with van der Waals surface area (Å²) in [6.45, 7) is 1.82. The Labute approximate surface area is 102 Å². The van der Waals surface area contributed by atoms with Crippen molar-refractivity contribution in [2.45, 2.75) is 6.92 Å². The van der Waals surface area contributed by atoms with E-state index in [0.29, 0.717) is 11.3 Å². The number of carbonyl (C=O) groups is 2. The Hall–Kier alpha value is -1.36. The fourth-order valence-electron chi connectivity index (χ4n) is 1.23. The number of methoxy groups -OCH3 is 1. The molecule has 0 aliphatic heterocycles. The third-order valence-corrected chi connectivity index (χ3v) is 2.55. The number of halogens is 1. The number of hydrogen-bond acceptors (Lipinski definition) is 3. The summed E-state index contributed by atoms with van der Waals surface area (Å²) in [5.74, 6) is -0.518. The maximum Gasteiger partial charge on any atom is 0.337 e. The Balaban J connectivity index is 2.91. The van der Waals surface area contributed by atoms with Crippen molar-refractivity contribution in [3.63, 3.8) is 0 Å². The first-order valence-corrected chi connectivity index (χ1v) is 5.75. The number of hydrogen-bond donors (Lipinski definition) is 1. The van der Waals surface area contributed by atoms with Gasteiger partial charge in [0.1, 0.15) is 0 Å². The molecule has 1 aromatic carbocycles. The smallest absolute Gasteiger partial charge is 0.337 e. The number of nitrogens with one attached hydrogen (secondary N) is 1. The lowest BCUT2D eigenvalue weighted by Gasteiger charge is -2.08. The van der Waals surface area contributed by atoms with Crippen molar-refractivity contribution < 1.29 is 14.3 Å². The Bertz CT molecular complexity index is 418. The third kappa shape index (κ3) is 3.06. The van der Waals surface area contributed by atoms with E-state index in [2.05, 4.69) is 26.0 Å². The zero-order chi connectivity index (χ0) is 12.1. The topological polar surface area (TPSA) is 55.4 Å². The van der Waals surface area contributed by atoms with Crippen LogP contribution in [0, 0.1) is 6.92 Å². The SMILES string of the molecule is COC(=O)c1ccc(NC(=O)CBr)c(C)c1. The Morgan fingerprint density at radius 3 is 2.62 bits per heavy atom. The normalized spacial score (nSPS) is 9.69. The second kappa shape index (κ2) is 5.65. The van der Waals surface area contributed by atoms with Gasteiger partial charge in [0, 0.05) is 5.69 Å². The first kappa shape index (κ1) is 12.7. The van der Waals surface area contributed by atoms with Gasteiger partial charge in [-0.25, -0.2) is 4.79 Å². The zero-order valence-electron chi connectivity index (χ0n) is 9.04. The maximum absolute atomic E-state index is 11.2. The molecule has 0 bridgehead atoms. The van der Waals surface area contributed by atoms with Gasteiger partial charge in [0.15, 0.2) is 0 Å². The van der Waals surface area contributed by atoms with Gasteiger partial charge in [0.2, 0.25) is 5.91 Å². The number of benzene rings is 1. The Morgan fingerprint density at radius 1 is 1.44 bits per heavy atom. The van der Waals surface area contributed by atoms with E-state index in [9.17, 15) is 9.59 Å². The summed E-state index contributed by atoms with van der Waals surface area (Å²) in [5.41, 5.74) is 1.98. The molecular weight excluding hydrogens is 274 g/mol. The fourth-order valence-corrected chi connectivity index (χ4v) is 1.37. The highest BCUT2D eigenvalue weighted by molar-refractivity contribution is 9.09. The van der Waals surface area contributed by atoms with Gasteiger partial charge in [-0.1, -0.05) is 15.9 Å². The van der Waals surface area contributed by atoms with E-state index in [1.54, 1.807) is 18.2 Å². The molecule has 0 aliphatic carbocycles. The minimum Gasteiger partial charge on any atom is -0.465 e. The van der Waals surface area contributed by atoms with Crippen LogP contribution in [-0.2, 0) is 9.53 Å². The summed E-state index contributed by atoms with van der Waals surface area (Å²) in [7, 11) is 1.33. The maximum atomic E-state index is 11.2. The Kier molecular flexibility index (Phi) is 4.49. The van der Waals surface area contributed by atoms with E-state index in [4.69, 9.17) is 0 Å². The first-order valence-electron chi connectivity index (χ1n) is 4.63. The largest absolute Gasteiger partial charge is 0.465 e. The molecule has 1 aromatic rings. The molecule has 0 aromatic heterocycles. The van der Waals surface area contributed by atoms with Crippen LogP contribution in [0.25, 0.3) is 0 Å². The highest BCUT2D eigenvalue weighted by Gasteiger charge is 2.08. The summed E-state index contributed by atoms with van der Waals surface area (Å²) in [5, 5.41) is 2.95. The van der Waals surface area contributed by atoms with E-state index < -0.39 is 0 Å². The lowest BCUT2D eigenvalue weighted by molar-refractivity contribution is -0.113. The minimum atomic E-state index is -0.388. The number of ether oxygens (including phenoxy) is 1. The van der Waals surface area contributed by atoms with Gasteiger partial charge in [0.25, 0.3) is 0 Å². The average Bonchev–Trinajstić information content (AvgIpc) is 2.30. The van der Waals surface area contributed by atoms with Crippen molar-refractivity contribution in [1.29, 1.82) is 0 Å². The fraction of sp³-hybridized carbons (Fsp3) is 0.273. The Morgan fingerprint density at radius 2 is 2.12 bits per heavy atom. The van der Waals surface area contributed by atoms with Crippen molar-refractivity contribution in [1.82, 2.24) is 0 Å². The predicted octanol–water partition coefficient (Wildman–Crippen LogP) is 2.12. The molecule has 0 saturated carbocycles. The quantitative estimate of drug-likeness (QED) is 0.684. The molecule has 0 fully saturated rings.